The number of anilines is 2. The molecular formula is C14H15N3O. The highest BCUT2D eigenvalue weighted by molar-refractivity contribution is 6.09. The smallest absolute Gasteiger partial charge is 0.0610 e. The van der Waals surface area contributed by atoms with E-state index in [1.807, 2.05) is 36.4 Å². The number of hydrogen-bond donors (Lipinski definition) is 3. The van der Waals surface area contributed by atoms with Crippen molar-refractivity contribution >= 4 is 33.2 Å². The van der Waals surface area contributed by atoms with Crippen LogP contribution in [0.4, 0.5) is 11.4 Å². The van der Waals surface area contributed by atoms with E-state index in [-0.39, 0.29) is 6.61 Å². The molecule has 3 aromatic rings. The van der Waals surface area contributed by atoms with Crippen molar-refractivity contribution in [3.8, 4) is 0 Å². The number of hydrogen-bond acceptors (Lipinski definition) is 3. The number of nitrogens with zero attached hydrogens (tertiary/aromatic N) is 1. The number of nitrogens with two attached hydrogens (primary N) is 2. The molecule has 0 spiro atoms. The predicted molar refractivity (Wildman–Crippen MR) is 75.4 cm³/mol. The van der Waals surface area contributed by atoms with Crippen molar-refractivity contribution in [3.05, 3.63) is 36.4 Å². The minimum absolute atomic E-state index is 0.0858. The van der Waals surface area contributed by atoms with E-state index in [0.717, 1.165) is 33.2 Å². The predicted octanol–water partition coefficient (Wildman–Crippen LogP) is 1.95. The molecule has 0 saturated carbocycles. The third kappa shape index (κ3) is 1.50. The van der Waals surface area contributed by atoms with Gasteiger partial charge in [-0.05, 0) is 24.3 Å². The molecule has 2 aromatic carbocycles. The fourth-order valence-corrected chi connectivity index (χ4v) is 2.47. The van der Waals surface area contributed by atoms with Crippen molar-refractivity contribution in [3.63, 3.8) is 0 Å². The highest BCUT2D eigenvalue weighted by Gasteiger charge is 2.10. The van der Waals surface area contributed by atoms with Crippen LogP contribution in [0.25, 0.3) is 21.8 Å². The Labute approximate surface area is 104 Å². The molecule has 4 heteroatoms. The van der Waals surface area contributed by atoms with Crippen LogP contribution in [0.3, 0.4) is 0 Å². The van der Waals surface area contributed by atoms with Gasteiger partial charge in [0.05, 0.1) is 17.6 Å². The molecule has 3 rings (SSSR count). The lowest BCUT2D eigenvalue weighted by Gasteiger charge is -2.05. The first-order valence-corrected chi connectivity index (χ1v) is 5.88. The lowest BCUT2D eigenvalue weighted by molar-refractivity contribution is 0.280. The number of aromatic nitrogens is 1. The van der Waals surface area contributed by atoms with Crippen LogP contribution in [0.5, 0.6) is 0 Å². The quantitative estimate of drug-likeness (QED) is 0.600. The third-order valence-corrected chi connectivity index (χ3v) is 3.24. The highest BCUT2D eigenvalue weighted by atomic mass is 16.3. The number of aliphatic hydroxyl groups is 1. The molecule has 1 aromatic heterocycles. The second kappa shape index (κ2) is 3.92. The summed E-state index contributed by atoms with van der Waals surface area (Å²) in [6, 6.07) is 11.7. The average Bonchev–Trinajstić information content (AvgIpc) is 2.63. The Balaban J connectivity index is 2.48. The van der Waals surface area contributed by atoms with Crippen LogP contribution in [0.1, 0.15) is 0 Å². The van der Waals surface area contributed by atoms with Crippen LogP contribution in [0.2, 0.25) is 0 Å². The van der Waals surface area contributed by atoms with Gasteiger partial charge < -0.3 is 21.1 Å². The van der Waals surface area contributed by atoms with Crippen LogP contribution >= 0.6 is 0 Å². The summed E-state index contributed by atoms with van der Waals surface area (Å²) in [6.45, 7) is 0.620. The lowest BCUT2D eigenvalue weighted by atomic mass is 10.1. The Hall–Kier alpha value is -2.20. The molecular weight excluding hydrogens is 226 g/mol. The van der Waals surface area contributed by atoms with Gasteiger partial charge in [-0.2, -0.15) is 0 Å². The van der Waals surface area contributed by atoms with E-state index in [4.69, 9.17) is 11.5 Å². The third-order valence-electron chi connectivity index (χ3n) is 3.24. The van der Waals surface area contributed by atoms with Crippen molar-refractivity contribution in [2.75, 3.05) is 18.1 Å². The Kier molecular flexibility index (Phi) is 2.38. The molecule has 0 fully saturated rings. The van der Waals surface area contributed by atoms with Gasteiger partial charge in [-0.25, -0.2) is 0 Å². The maximum absolute atomic E-state index is 9.21. The van der Waals surface area contributed by atoms with Crippen LogP contribution < -0.4 is 11.5 Å². The molecule has 0 aliphatic carbocycles. The topological polar surface area (TPSA) is 77.2 Å². The van der Waals surface area contributed by atoms with Crippen LogP contribution in [0, 0.1) is 0 Å². The van der Waals surface area contributed by atoms with Gasteiger partial charge in [0.25, 0.3) is 0 Å². The van der Waals surface area contributed by atoms with Crippen LogP contribution in [-0.2, 0) is 6.54 Å². The van der Waals surface area contributed by atoms with E-state index in [2.05, 4.69) is 4.57 Å². The van der Waals surface area contributed by atoms with Crippen molar-refractivity contribution < 1.29 is 5.11 Å². The molecule has 0 aliphatic rings. The summed E-state index contributed by atoms with van der Waals surface area (Å²) in [5.74, 6) is 0. The molecule has 0 atom stereocenters. The van der Waals surface area contributed by atoms with Crippen molar-refractivity contribution in [1.82, 2.24) is 4.57 Å². The van der Waals surface area contributed by atoms with Crippen molar-refractivity contribution in [1.29, 1.82) is 0 Å². The normalized spacial score (nSPS) is 11.4. The number of nitrogen functional groups attached to an aromatic ring is 2. The van der Waals surface area contributed by atoms with Crippen LogP contribution in [0.15, 0.2) is 36.4 Å². The molecule has 18 heavy (non-hydrogen) atoms. The largest absolute Gasteiger partial charge is 0.399 e. The Morgan fingerprint density at radius 2 is 1.39 bits per heavy atom. The van der Waals surface area contributed by atoms with E-state index in [0.29, 0.717) is 6.54 Å². The van der Waals surface area contributed by atoms with E-state index in [1.54, 1.807) is 0 Å². The van der Waals surface area contributed by atoms with Crippen LogP contribution in [-0.4, -0.2) is 16.3 Å². The summed E-state index contributed by atoms with van der Waals surface area (Å²) in [5.41, 5.74) is 15.2. The molecule has 5 N–H and O–H groups in total. The van der Waals surface area contributed by atoms with E-state index < -0.39 is 0 Å². The monoisotopic (exact) mass is 241 g/mol. The molecule has 0 radical (unpaired) electrons. The summed E-state index contributed by atoms with van der Waals surface area (Å²) in [6.07, 6.45) is 0. The van der Waals surface area contributed by atoms with Gasteiger partial charge in [-0.3, -0.25) is 0 Å². The molecule has 0 saturated heterocycles. The molecule has 1 heterocycles. The maximum Gasteiger partial charge on any atom is 0.0610 e. The fourth-order valence-electron chi connectivity index (χ4n) is 2.47. The summed E-state index contributed by atoms with van der Waals surface area (Å²) in [5, 5.41) is 11.5. The minimum Gasteiger partial charge on any atom is -0.399 e. The first-order chi connectivity index (χ1) is 8.70. The van der Waals surface area contributed by atoms with Gasteiger partial charge in [0.1, 0.15) is 0 Å². The zero-order chi connectivity index (χ0) is 12.7. The molecule has 0 aliphatic heterocycles. The van der Waals surface area contributed by atoms with Gasteiger partial charge >= 0.3 is 0 Å². The second-order valence-electron chi connectivity index (χ2n) is 4.43. The minimum atomic E-state index is 0.0858. The van der Waals surface area contributed by atoms with Gasteiger partial charge in [-0.15, -0.1) is 0 Å². The number of fused-ring (bicyclic) bond motifs is 3. The summed E-state index contributed by atoms with van der Waals surface area (Å²) in [4.78, 5) is 0. The lowest BCUT2D eigenvalue weighted by Crippen LogP contribution is -2.02. The van der Waals surface area contributed by atoms with Gasteiger partial charge in [0, 0.05) is 28.7 Å². The van der Waals surface area contributed by atoms with E-state index >= 15 is 0 Å². The molecule has 92 valence electrons. The summed E-state index contributed by atoms with van der Waals surface area (Å²) < 4.78 is 2.05. The highest BCUT2D eigenvalue weighted by Crippen LogP contribution is 2.31. The molecule has 0 amide bonds. The first kappa shape index (κ1) is 10.9. The SMILES string of the molecule is Nc1ccc2c3ccc(N)cc3n(CCO)c2c1. The standard InChI is InChI=1S/C14H15N3O/c15-9-1-3-11-12-4-2-10(16)8-14(12)17(5-6-18)13(11)7-9/h1-4,7-8,18H,5-6,15-16H2. The maximum atomic E-state index is 9.21. The van der Waals surface area contributed by atoms with Gasteiger partial charge in [-0.1, -0.05) is 12.1 Å². The Bertz CT molecular complexity index is 671. The Morgan fingerprint density at radius 1 is 0.889 bits per heavy atom. The summed E-state index contributed by atoms with van der Waals surface area (Å²) in [7, 11) is 0. The van der Waals surface area contributed by atoms with Gasteiger partial charge in [0.2, 0.25) is 0 Å². The number of aliphatic hydroxyl groups excluding tert-OH is 1. The zero-order valence-corrected chi connectivity index (χ0v) is 9.93. The summed E-state index contributed by atoms with van der Waals surface area (Å²) >= 11 is 0. The molecule has 4 nitrogen and oxygen atoms in total. The van der Waals surface area contributed by atoms with Crippen molar-refractivity contribution in [2.24, 2.45) is 0 Å². The number of benzene rings is 2. The second-order valence-corrected chi connectivity index (χ2v) is 4.43. The fraction of sp³-hybridized carbons (Fsp3) is 0.143. The molecule has 0 bridgehead atoms. The van der Waals surface area contributed by atoms with Crippen molar-refractivity contribution in [2.45, 2.75) is 6.54 Å². The van der Waals surface area contributed by atoms with E-state index in [9.17, 15) is 5.11 Å². The zero-order valence-electron chi connectivity index (χ0n) is 9.93. The van der Waals surface area contributed by atoms with Gasteiger partial charge in [0.15, 0.2) is 0 Å². The molecule has 0 unspecified atom stereocenters. The van der Waals surface area contributed by atoms with E-state index in [1.165, 1.54) is 0 Å². The number of rotatable bonds is 2. The Morgan fingerprint density at radius 3 is 1.83 bits per heavy atom. The average molecular weight is 241 g/mol. The first-order valence-electron chi connectivity index (χ1n) is 5.88.